The molecule has 3 aliphatic rings. The van der Waals surface area contributed by atoms with Gasteiger partial charge in [-0.2, -0.15) is 5.10 Å². The Kier molecular flexibility index (Phi) is 4.79. The smallest absolute Gasteiger partial charge is 0.200 e. The molecule has 30 heavy (non-hydrogen) atoms. The number of ether oxygens (including phenoxy) is 2. The average molecular weight is 428 g/mol. The van der Waals surface area contributed by atoms with Crippen molar-refractivity contribution in [2.75, 3.05) is 26.7 Å². The first-order valence-corrected chi connectivity index (χ1v) is 10.9. The lowest BCUT2D eigenvalue weighted by atomic mass is 9.90. The minimum absolute atomic E-state index is 0.0333. The van der Waals surface area contributed by atoms with Crippen LogP contribution < -0.4 is 9.47 Å². The number of rotatable bonds is 3. The van der Waals surface area contributed by atoms with E-state index in [0.29, 0.717) is 23.6 Å². The molecule has 5 rings (SSSR count). The number of phenolic OH excluding ortho intramolecular Hbond substituents is 1. The maximum Gasteiger partial charge on any atom is 0.200 e. The van der Waals surface area contributed by atoms with Crippen molar-refractivity contribution < 1.29 is 14.6 Å². The van der Waals surface area contributed by atoms with Gasteiger partial charge < -0.3 is 19.5 Å². The molecule has 1 spiro atoms. The van der Waals surface area contributed by atoms with Crippen LogP contribution in [0.3, 0.4) is 0 Å². The zero-order valence-corrected chi connectivity index (χ0v) is 18.0. The van der Waals surface area contributed by atoms with Crippen LogP contribution in [0.5, 0.6) is 17.2 Å². The van der Waals surface area contributed by atoms with Gasteiger partial charge in [0.25, 0.3) is 0 Å². The molecule has 3 aliphatic heterocycles. The summed E-state index contributed by atoms with van der Waals surface area (Å²) in [5, 5.41) is 18.2. The molecule has 7 heteroatoms. The second-order valence-electron chi connectivity index (χ2n) is 8.23. The number of fused-ring (bicyclic) bond motifs is 4. The number of halogens is 1. The molecule has 1 N–H and O–H groups in total. The summed E-state index contributed by atoms with van der Waals surface area (Å²) in [6, 6.07) is 11.2. The van der Waals surface area contributed by atoms with Crippen molar-refractivity contribution >= 4 is 17.3 Å². The SMILES string of the molecule is CCOc1cccc2c1OC1(CCN(C)CC1)N1N=C(c3cc(Cl)ccc3O)CC21. The molecule has 3 heterocycles. The number of likely N-dealkylation sites (tertiary alicyclic amines) is 1. The predicted octanol–water partition coefficient (Wildman–Crippen LogP) is 4.41. The molecule has 0 aliphatic carbocycles. The summed E-state index contributed by atoms with van der Waals surface area (Å²) in [6.07, 6.45) is 2.37. The molecule has 0 amide bonds. The van der Waals surface area contributed by atoms with Crippen LogP contribution in [0.1, 0.15) is 43.4 Å². The Labute approximate surface area is 181 Å². The van der Waals surface area contributed by atoms with Crippen molar-refractivity contribution in [2.45, 2.75) is 38.0 Å². The third-order valence-corrected chi connectivity index (χ3v) is 6.56. The molecule has 1 unspecified atom stereocenters. The molecule has 0 bridgehead atoms. The Bertz CT molecular complexity index is 1000. The topological polar surface area (TPSA) is 57.5 Å². The number of aromatic hydroxyl groups is 1. The molecule has 2 aromatic carbocycles. The molecule has 0 aromatic heterocycles. The van der Waals surface area contributed by atoms with Gasteiger partial charge >= 0.3 is 0 Å². The van der Waals surface area contributed by atoms with E-state index in [2.05, 4.69) is 23.0 Å². The first kappa shape index (κ1) is 19.5. The van der Waals surface area contributed by atoms with Crippen molar-refractivity contribution in [2.24, 2.45) is 5.10 Å². The maximum absolute atomic E-state index is 10.5. The Morgan fingerprint density at radius 2 is 2.07 bits per heavy atom. The molecule has 0 saturated carbocycles. The first-order valence-electron chi connectivity index (χ1n) is 10.5. The fraction of sp³-hybridized carbons (Fsp3) is 0.435. The molecule has 1 saturated heterocycles. The van der Waals surface area contributed by atoms with E-state index >= 15 is 0 Å². The van der Waals surface area contributed by atoms with E-state index < -0.39 is 5.72 Å². The molecule has 158 valence electrons. The second kappa shape index (κ2) is 7.36. The summed E-state index contributed by atoms with van der Waals surface area (Å²) >= 11 is 6.22. The second-order valence-corrected chi connectivity index (χ2v) is 8.67. The van der Waals surface area contributed by atoms with Crippen LogP contribution in [0, 0.1) is 0 Å². The van der Waals surface area contributed by atoms with Gasteiger partial charge in [-0.05, 0) is 38.2 Å². The summed E-state index contributed by atoms with van der Waals surface area (Å²) in [4.78, 5) is 2.32. The maximum atomic E-state index is 10.5. The number of nitrogens with zero attached hydrogens (tertiary/aromatic N) is 3. The summed E-state index contributed by atoms with van der Waals surface area (Å²) in [7, 11) is 2.13. The third-order valence-electron chi connectivity index (χ3n) is 6.33. The number of piperidine rings is 1. The molecule has 2 aromatic rings. The zero-order chi connectivity index (χ0) is 20.9. The number of phenols is 1. The predicted molar refractivity (Wildman–Crippen MR) is 117 cm³/mol. The molecule has 1 fully saturated rings. The lowest BCUT2D eigenvalue weighted by Gasteiger charge is -2.51. The fourth-order valence-corrected chi connectivity index (χ4v) is 4.91. The number of para-hydroxylation sites is 1. The van der Waals surface area contributed by atoms with Crippen LogP contribution in [0.25, 0.3) is 0 Å². The lowest BCUT2D eigenvalue weighted by molar-refractivity contribution is -0.148. The summed E-state index contributed by atoms with van der Waals surface area (Å²) < 4.78 is 12.6. The highest BCUT2D eigenvalue weighted by atomic mass is 35.5. The fourth-order valence-electron chi connectivity index (χ4n) is 4.74. The zero-order valence-electron chi connectivity index (χ0n) is 17.3. The van der Waals surface area contributed by atoms with E-state index in [1.54, 1.807) is 18.2 Å². The largest absolute Gasteiger partial charge is 0.507 e. The Morgan fingerprint density at radius 3 is 2.83 bits per heavy atom. The number of hydrogen-bond acceptors (Lipinski definition) is 6. The number of hydrazone groups is 1. The van der Waals surface area contributed by atoms with Crippen LogP contribution in [0.15, 0.2) is 41.5 Å². The van der Waals surface area contributed by atoms with E-state index in [-0.39, 0.29) is 11.8 Å². The highest BCUT2D eigenvalue weighted by Gasteiger charge is 2.52. The molecule has 0 radical (unpaired) electrons. The highest BCUT2D eigenvalue weighted by molar-refractivity contribution is 6.31. The van der Waals surface area contributed by atoms with Crippen molar-refractivity contribution in [1.82, 2.24) is 9.91 Å². The van der Waals surface area contributed by atoms with Crippen molar-refractivity contribution in [3.05, 3.63) is 52.5 Å². The van der Waals surface area contributed by atoms with Gasteiger partial charge in [0.15, 0.2) is 11.5 Å². The minimum atomic E-state index is -0.521. The van der Waals surface area contributed by atoms with Crippen LogP contribution in [0.2, 0.25) is 5.02 Å². The Morgan fingerprint density at radius 1 is 1.27 bits per heavy atom. The molecular weight excluding hydrogens is 402 g/mol. The number of benzene rings is 2. The van der Waals surface area contributed by atoms with Crippen LogP contribution >= 0.6 is 11.6 Å². The van der Waals surface area contributed by atoms with Gasteiger partial charge in [0.1, 0.15) is 5.75 Å². The van der Waals surface area contributed by atoms with Gasteiger partial charge in [0.05, 0.1) is 18.4 Å². The van der Waals surface area contributed by atoms with Crippen molar-refractivity contribution in [1.29, 1.82) is 0 Å². The van der Waals surface area contributed by atoms with E-state index in [1.165, 1.54) is 0 Å². The van der Waals surface area contributed by atoms with Crippen LogP contribution in [-0.2, 0) is 0 Å². The third kappa shape index (κ3) is 3.10. The van der Waals surface area contributed by atoms with Gasteiger partial charge in [-0.15, -0.1) is 0 Å². The van der Waals surface area contributed by atoms with Gasteiger partial charge in [0, 0.05) is 48.5 Å². The normalized spacial score (nSPS) is 22.3. The summed E-state index contributed by atoms with van der Waals surface area (Å²) in [5.41, 5.74) is 2.07. The lowest BCUT2D eigenvalue weighted by Crippen LogP contribution is -2.58. The van der Waals surface area contributed by atoms with Crippen LogP contribution in [-0.4, -0.2) is 53.2 Å². The van der Waals surface area contributed by atoms with E-state index in [4.69, 9.17) is 26.2 Å². The number of hydrogen-bond donors (Lipinski definition) is 1. The van der Waals surface area contributed by atoms with Crippen molar-refractivity contribution in [3.63, 3.8) is 0 Å². The van der Waals surface area contributed by atoms with Crippen LogP contribution in [0.4, 0.5) is 0 Å². The summed E-state index contributed by atoms with van der Waals surface area (Å²) in [5.74, 6) is 1.81. The molecular formula is C23H26ClN3O3. The minimum Gasteiger partial charge on any atom is -0.507 e. The van der Waals surface area contributed by atoms with E-state index in [1.807, 2.05) is 19.1 Å². The highest BCUT2D eigenvalue weighted by Crippen LogP contribution is 2.53. The average Bonchev–Trinajstić information content (AvgIpc) is 3.19. The Hall–Kier alpha value is -2.44. The quantitative estimate of drug-likeness (QED) is 0.786. The monoisotopic (exact) mass is 427 g/mol. The van der Waals surface area contributed by atoms with Crippen molar-refractivity contribution in [3.8, 4) is 17.2 Å². The standard InChI is InChI=1S/C23H26ClN3O3/c1-3-29-21-6-4-5-16-19-14-18(17-13-15(24)7-8-20(17)28)25-27(19)23(30-22(16)21)9-11-26(2)12-10-23/h4-8,13,19,28H,3,9-12,14H2,1-2H3. The van der Waals surface area contributed by atoms with Gasteiger partial charge in [-0.25, -0.2) is 5.01 Å². The summed E-state index contributed by atoms with van der Waals surface area (Å²) in [6.45, 7) is 4.44. The first-order chi connectivity index (χ1) is 14.5. The van der Waals surface area contributed by atoms with Gasteiger partial charge in [0.2, 0.25) is 5.72 Å². The molecule has 6 nitrogen and oxygen atoms in total. The van der Waals surface area contributed by atoms with E-state index in [0.717, 1.165) is 48.7 Å². The van der Waals surface area contributed by atoms with E-state index in [9.17, 15) is 5.11 Å². The Balaban J connectivity index is 1.61. The van der Waals surface area contributed by atoms with Gasteiger partial charge in [-0.1, -0.05) is 23.7 Å². The van der Waals surface area contributed by atoms with Gasteiger partial charge in [-0.3, -0.25) is 0 Å². The molecule has 1 atom stereocenters.